The van der Waals surface area contributed by atoms with Crippen molar-refractivity contribution in [3.05, 3.63) is 28.7 Å². The predicted molar refractivity (Wildman–Crippen MR) is 71.5 cm³/mol. The summed E-state index contributed by atoms with van der Waals surface area (Å²) in [7, 11) is -3.19. The van der Waals surface area contributed by atoms with E-state index in [0.29, 0.717) is 11.4 Å². The van der Waals surface area contributed by atoms with E-state index >= 15 is 0 Å². The molecule has 0 amide bonds. The molecule has 0 saturated heterocycles. The van der Waals surface area contributed by atoms with E-state index in [2.05, 4.69) is 15.9 Å². The molecule has 2 N–H and O–H groups in total. The number of halogens is 1. The van der Waals surface area contributed by atoms with Crippen LogP contribution >= 0.6 is 15.9 Å². The third-order valence-electron chi connectivity index (χ3n) is 3.28. The van der Waals surface area contributed by atoms with Gasteiger partial charge in [-0.3, -0.25) is 0 Å². The van der Waals surface area contributed by atoms with Crippen LogP contribution in [0.5, 0.6) is 0 Å². The molecule has 0 radical (unpaired) electrons. The van der Waals surface area contributed by atoms with Gasteiger partial charge in [-0.15, -0.1) is 0 Å². The molecule has 1 saturated carbocycles. The highest BCUT2D eigenvalue weighted by Crippen LogP contribution is 2.50. The van der Waals surface area contributed by atoms with Crippen LogP contribution in [0, 0.1) is 5.41 Å². The van der Waals surface area contributed by atoms with Gasteiger partial charge in [0.15, 0.2) is 9.84 Å². The molecule has 0 spiro atoms. The van der Waals surface area contributed by atoms with Crippen LogP contribution in [0.4, 0.5) is 0 Å². The lowest BCUT2D eigenvalue weighted by molar-refractivity contribution is 0.510. The van der Waals surface area contributed by atoms with E-state index in [-0.39, 0.29) is 11.2 Å². The fraction of sp³-hybridized carbons (Fsp3) is 0.500. The molecule has 1 aliphatic carbocycles. The van der Waals surface area contributed by atoms with Gasteiger partial charge in [-0.1, -0.05) is 22.0 Å². The molecule has 3 nitrogen and oxygen atoms in total. The number of benzene rings is 1. The minimum absolute atomic E-state index is 0.0457. The summed E-state index contributed by atoms with van der Waals surface area (Å²) in [5.41, 5.74) is 5.49. The number of nitrogens with two attached hydrogens (primary N) is 1. The van der Waals surface area contributed by atoms with Crippen LogP contribution in [-0.4, -0.2) is 20.7 Å². The SMILES string of the molecule is NCCC1(CS(=O)(=O)c2cccc(Br)c2)CC1. The third-order valence-corrected chi connectivity index (χ3v) is 5.74. The fourth-order valence-electron chi connectivity index (χ4n) is 2.10. The third kappa shape index (κ3) is 3.09. The Hall–Kier alpha value is -0.390. The van der Waals surface area contributed by atoms with Gasteiger partial charge in [-0.2, -0.15) is 0 Å². The molecule has 94 valence electrons. The molecule has 1 fully saturated rings. The lowest BCUT2D eigenvalue weighted by atomic mass is 10.1. The molecule has 1 aromatic carbocycles. The number of hydrogen-bond donors (Lipinski definition) is 1. The first kappa shape index (κ1) is 13.1. The standard InChI is InChI=1S/C12H16BrNO2S/c13-10-2-1-3-11(8-10)17(15,16)9-12(4-5-12)6-7-14/h1-3,8H,4-7,9,14H2. The van der Waals surface area contributed by atoms with E-state index in [1.54, 1.807) is 18.2 Å². The van der Waals surface area contributed by atoms with Crippen LogP contribution in [0.2, 0.25) is 0 Å². The molecule has 1 aromatic rings. The summed E-state index contributed by atoms with van der Waals surface area (Å²) in [5.74, 6) is 0.230. The monoisotopic (exact) mass is 317 g/mol. The van der Waals surface area contributed by atoms with Crippen LogP contribution in [0.1, 0.15) is 19.3 Å². The van der Waals surface area contributed by atoms with E-state index in [0.717, 1.165) is 23.7 Å². The van der Waals surface area contributed by atoms with E-state index in [9.17, 15) is 8.42 Å². The van der Waals surface area contributed by atoms with Gasteiger partial charge in [0.2, 0.25) is 0 Å². The summed E-state index contributed by atoms with van der Waals surface area (Å²) in [6.45, 7) is 0.563. The second kappa shape index (κ2) is 4.71. The molecule has 0 aliphatic heterocycles. The Morgan fingerprint density at radius 2 is 2.06 bits per heavy atom. The summed E-state index contributed by atoms with van der Waals surface area (Å²) >= 11 is 3.30. The van der Waals surface area contributed by atoms with E-state index in [1.165, 1.54) is 0 Å². The van der Waals surface area contributed by atoms with Gasteiger partial charge in [0.25, 0.3) is 0 Å². The average Bonchev–Trinajstić information content (AvgIpc) is 2.97. The topological polar surface area (TPSA) is 60.2 Å². The highest BCUT2D eigenvalue weighted by atomic mass is 79.9. The van der Waals surface area contributed by atoms with E-state index in [1.807, 2.05) is 6.07 Å². The average molecular weight is 318 g/mol. The highest BCUT2D eigenvalue weighted by Gasteiger charge is 2.45. The molecule has 0 atom stereocenters. The summed E-state index contributed by atoms with van der Waals surface area (Å²) in [5, 5.41) is 0. The van der Waals surface area contributed by atoms with Crippen molar-refractivity contribution in [3.63, 3.8) is 0 Å². The fourth-order valence-corrected chi connectivity index (χ4v) is 4.65. The highest BCUT2D eigenvalue weighted by molar-refractivity contribution is 9.10. The van der Waals surface area contributed by atoms with E-state index < -0.39 is 9.84 Å². The zero-order chi connectivity index (χ0) is 12.5. The Balaban J connectivity index is 2.20. The second-order valence-corrected chi connectivity index (χ2v) is 7.66. The minimum atomic E-state index is -3.19. The van der Waals surface area contributed by atoms with Crippen molar-refractivity contribution in [1.82, 2.24) is 0 Å². The zero-order valence-corrected chi connectivity index (χ0v) is 11.9. The molecular formula is C12H16BrNO2S. The predicted octanol–water partition coefficient (Wildman–Crippen LogP) is 2.35. The van der Waals surface area contributed by atoms with Gasteiger partial charge >= 0.3 is 0 Å². The van der Waals surface area contributed by atoms with Gasteiger partial charge in [-0.05, 0) is 49.4 Å². The van der Waals surface area contributed by atoms with Gasteiger partial charge in [0, 0.05) is 4.47 Å². The lowest BCUT2D eigenvalue weighted by Crippen LogP contribution is -2.20. The summed E-state index contributed by atoms with van der Waals surface area (Å²) in [6, 6.07) is 6.89. The second-order valence-electron chi connectivity index (χ2n) is 4.76. The quantitative estimate of drug-likeness (QED) is 0.906. The van der Waals surface area contributed by atoms with Crippen LogP contribution in [0.3, 0.4) is 0 Å². The maximum atomic E-state index is 12.3. The summed E-state index contributed by atoms with van der Waals surface area (Å²) < 4.78 is 25.3. The van der Waals surface area contributed by atoms with Crippen LogP contribution in [-0.2, 0) is 9.84 Å². The lowest BCUT2D eigenvalue weighted by Gasteiger charge is -2.14. The molecule has 2 rings (SSSR count). The first-order valence-electron chi connectivity index (χ1n) is 5.66. The largest absolute Gasteiger partial charge is 0.330 e. The molecule has 0 heterocycles. The van der Waals surface area contributed by atoms with Crippen molar-refractivity contribution in [2.24, 2.45) is 11.1 Å². The van der Waals surface area contributed by atoms with Crippen molar-refractivity contribution in [2.45, 2.75) is 24.2 Å². The van der Waals surface area contributed by atoms with Gasteiger partial charge in [0.1, 0.15) is 0 Å². The minimum Gasteiger partial charge on any atom is -0.330 e. The smallest absolute Gasteiger partial charge is 0.178 e. The number of rotatable bonds is 5. The first-order valence-corrected chi connectivity index (χ1v) is 8.10. The first-order chi connectivity index (χ1) is 7.97. The molecule has 5 heteroatoms. The molecular weight excluding hydrogens is 302 g/mol. The maximum Gasteiger partial charge on any atom is 0.178 e. The van der Waals surface area contributed by atoms with Crippen molar-refractivity contribution in [1.29, 1.82) is 0 Å². The zero-order valence-electron chi connectivity index (χ0n) is 9.52. The van der Waals surface area contributed by atoms with Gasteiger partial charge in [0.05, 0.1) is 10.6 Å². The van der Waals surface area contributed by atoms with Crippen molar-refractivity contribution >= 4 is 25.8 Å². The summed E-state index contributed by atoms with van der Waals surface area (Å²) in [6.07, 6.45) is 2.77. The maximum absolute atomic E-state index is 12.3. The van der Waals surface area contributed by atoms with Crippen molar-refractivity contribution in [3.8, 4) is 0 Å². The van der Waals surface area contributed by atoms with Crippen molar-refractivity contribution in [2.75, 3.05) is 12.3 Å². The molecule has 0 bridgehead atoms. The Morgan fingerprint density at radius 3 is 2.59 bits per heavy atom. The van der Waals surface area contributed by atoms with Gasteiger partial charge in [-0.25, -0.2) is 8.42 Å². The molecule has 0 aromatic heterocycles. The van der Waals surface area contributed by atoms with Crippen LogP contribution < -0.4 is 5.73 Å². The number of hydrogen-bond acceptors (Lipinski definition) is 3. The van der Waals surface area contributed by atoms with Gasteiger partial charge < -0.3 is 5.73 Å². The molecule has 1 aliphatic rings. The number of sulfone groups is 1. The Morgan fingerprint density at radius 1 is 1.35 bits per heavy atom. The molecule has 0 unspecified atom stereocenters. The Bertz CT molecular complexity index is 509. The molecule has 17 heavy (non-hydrogen) atoms. The normalized spacial score (nSPS) is 18.0. The Labute approximate surface area is 110 Å². The van der Waals surface area contributed by atoms with Crippen LogP contribution in [0.15, 0.2) is 33.6 Å². The Kier molecular flexibility index (Phi) is 3.61. The van der Waals surface area contributed by atoms with Crippen molar-refractivity contribution < 1.29 is 8.42 Å². The van der Waals surface area contributed by atoms with E-state index in [4.69, 9.17) is 5.73 Å². The summed E-state index contributed by atoms with van der Waals surface area (Å²) in [4.78, 5) is 0.398. The van der Waals surface area contributed by atoms with Crippen LogP contribution in [0.25, 0.3) is 0 Å².